The fourth-order valence-electron chi connectivity index (χ4n) is 3.99. The third-order valence-electron chi connectivity index (χ3n) is 5.02. The molecule has 0 radical (unpaired) electrons. The number of hydrogen-bond donors (Lipinski definition) is 1. The second kappa shape index (κ2) is 6.83. The number of fused-ring (bicyclic) bond motifs is 1. The molecule has 1 aliphatic carbocycles. The second-order valence-corrected chi connectivity index (χ2v) is 6.97. The van der Waals surface area contributed by atoms with E-state index in [1.165, 1.54) is 56.2 Å². The van der Waals surface area contributed by atoms with Crippen LogP contribution in [0.3, 0.4) is 0 Å². The van der Waals surface area contributed by atoms with Crippen molar-refractivity contribution >= 4 is 0 Å². The van der Waals surface area contributed by atoms with E-state index in [1.54, 1.807) is 0 Å². The highest BCUT2D eigenvalue weighted by Crippen LogP contribution is 2.35. The summed E-state index contributed by atoms with van der Waals surface area (Å²) < 4.78 is 6.16. The summed E-state index contributed by atoms with van der Waals surface area (Å²) in [5.41, 5.74) is 2.76. The van der Waals surface area contributed by atoms with Crippen molar-refractivity contribution in [3.8, 4) is 5.75 Å². The summed E-state index contributed by atoms with van der Waals surface area (Å²) >= 11 is 0. The van der Waals surface area contributed by atoms with E-state index in [-0.39, 0.29) is 0 Å². The lowest BCUT2D eigenvalue weighted by Crippen LogP contribution is -2.35. The Balaban J connectivity index is 1.51. The molecule has 0 spiro atoms. The summed E-state index contributed by atoms with van der Waals surface area (Å²) in [6.45, 7) is 5.58. The van der Waals surface area contributed by atoms with Gasteiger partial charge in [-0.15, -0.1) is 0 Å². The quantitative estimate of drug-likeness (QED) is 0.874. The van der Waals surface area contributed by atoms with Gasteiger partial charge in [-0.2, -0.15) is 0 Å². The molecule has 116 valence electrons. The van der Waals surface area contributed by atoms with Crippen molar-refractivity contribution in [1.82, 2.24) is 5.32 Å². The molecule has 2 nitrogen and oxygen atoms in total. The first kappa shape index (κ1) is 14.9. The lowest BCUT2D eigenvalue weighted by atomic mass is 9.82. The number of nitrogens with one attached hydrogen (secondary N) is 1. The van der Waals surface area contributed by atoms with Gasteiger partial charge >= 0.3 is 0 Å². The molecular formula is C19H29NO. The van der Waals surface area contributed by atoms with Crippen molar-refractivity contribution in [3.63, 3.8) is 0 Å². The number of aryl methyl sites for hydroxylation is 1. The first-order valence-electron chi connectivity index (χ1n) is 8.74. The monoisotopic (exact) mass is 287 g/mol. The Morgan fingerprint density at radius 3 is 3.05 bits per heavy atom. The standard InChI is InChI=1S/C19H29NO/c1-3-9-20-17-6-4-5-15(11-17)12-18-13-16-10-14(2)7-8-19(16)21-18/h7-8,10,15,17-18,20H,3-6,9,11-13H2,1-2H3. The SMILES string of the molecule is CCCNC1CCCC(CC2Cc3cc(C)ccc3O2)C1. The van der Waals surface area contributed by atoms with Gasteiger partial charge in [-0.1, -0.05) is 37.5 Å². The second-order valence-electron chi connectivity index (χ2n) is 6.97. The Kier molecular flexibility index (Phi) is 4.84. The van der Waals surface area contributed by atoms with E-state index in [0.717, 1.165) is 24.1 Å². The lowest BCUT2D eigenvalue weighted by molar-refractivity contribution is 0.164. The molecule has 3 rings (SSSR count). The third-order valence-corrected chi connectivity index (χ3v) is 5.02. The van der Waals surface area contributed by atoms with Crippen molar-refractivity contribution in [3.05, 3.63) is 29.3 Å². The summed E-state index contributed by atoms with van der Waals surface area (Å²) in [6, 6.07) is 7.35. The van der Waals surface area contributed by atoms with Gasteiger partial charge in [0.25, 0.3) is 0 Å². The highest BCUT2D eigenvalue weighted by Gasteiger charge is 2.28. The van der Waals surface area contributed by atoms with E-state index in [4.69, 9.17) is 4.74 Å². The van der Waals surface area contributed by atoms with E-state index >= 15 is 0 Å². The van der Waals surface area contributed by atoms with E-state index in [0.29, 0.717) is 6.10 Å². The molecular weight excluding hydrogens is 258 g/mol. The Morgan fingerprint density at radius 2 is 2.19 bits per heavy atom. The van der Waals surface area contributed by atoms with Crippen LogP contribution in [0.5, 0.6) is 5.75 Å². The molecule has 1 fully saturated rings. The fraction of sp³-hybridized carbons (Fsp3) is 0.684. The van der Waals surface area contributed by atoms with Crippen LogP contribution in [0.1, 0.15) is 56.6 Å². The normalized spacial score (nSPS) is 28.2. The average Bonchev–Trinajstić information content (AvgIpc) is 2.86. The van der Waals surface area contributed by atoms with Crippen molar-refractivity contribution < 1.29 is 4.74 Å². The highest BCUT2D eigenvalue weighted by atomic mass is 16.5. The molecule has 1 aliphatic heterocycles. The number of benzene rings is 1. The van der Waals surface area contributed by atoms with Gasteiger partial charge in [0, 0.05) is 12.5 Å². The smallest absolute Gasteiger partial charge is 0.123 e. The van der Waals surface area contributed by atoms with E-state index in [9.17, 15) is 0 Å². The zero-order valence-electron chi connectivity index (χ0n) is 13.5. The van der Waals surface area contributed by atoms with Gasteiger partial charge in [-0.25, -0.2) is 0 Å². The molecule has 0 bridgehead atoms. The molecule has 1 aromatic rings. The van der Waals surface area contributed by atoms with Gasteiger partial charge < -0.3 is 10.1 Å². The predicted octanol–water partition coefficient (Wildman–Crippen LogP) is 4.25. The average molecular weight is 287 g/mol. The maximum atomic E-state index is 6.16. The molecule has 1 saturated carbocycles. The largest absolute Gasteiger partial charge is 0.490 e. The molecule has 0 aromatic heterocycles. The van der Waals surface area contributed by atoms with Crippen LogP contribution in [-0.4, -0.2) is 18.7 Å². The van der Waals surface area contributed by atoms with Crippen LogP contribution in [0.2, 0.25) is 0 Å². The van der Waals surface area contributed by atoms with Gasteiger partial charge in [0.05, 0.1) is 0 Å². The first-order chi connectivity index (χ1) is 10.2. The van der Waals surface area contributed by atoms with Crippen LogP contribution in [0, 0.1) is 12.8 Å². The topological polar surface area (TPSA) is 21.3 Å². The zero-order chi connectivity index (χ0) is 14.7. The van der Waals surface area contributed by atoms with Crippen LogP contribution in [0.4, 0.5) is 0 Å². The molecule has 2 aliphatic rings. The van der Waals surface area contributed by atoms with E-state index in [2.05, 4.69) is 37.4 Å². The van der Waals surface area contributed by atoms with E-state index < -0.39 is 0 Å². The van der Waals surface area contributed by atoms with Crippen molar-refractivity contribution in [2.24, 2.45) is 5.92 Å². The van der Waals surface area contributed by atoms with Crippen LogP contribution in [0.15, 0.2) is 18.2 Å². The number of ether oxygens (including phenoxy) is 1. The summed E-state index contributed by atoms with van der Waals surface area (Å²) in [5.74, 6) is 1.97. The minimum absolute atomic E-state index is 0.414. The third kappa shape index (κ3) is 3.79. The Hall–Kier alpha value is -1.02. The Bertz CT molecular complexity index is 471. The van der Waals surface area contributed by atoms with Gasteiger partial charge in [0.2, 0.25) is 0 Å². The Labute approximate surface area is 129 Å². The minimum atomic E-state index is 0.414. The summed E-state index contributed by atoms with van der Waals surface area (Å²) in [5, 5.41) is 3.71. The van der Waals surface area contributed by atoms with Gasteiger partial charge in [0.1, 0.15) is 11.9 Å². The summed E-state index contributed by atoms with van der Waals surface area (Å²) in [7, 11) is 0. The first-order valence-corrected chi connectivity index (χ1v) is 8.74. The molecule has 2 heteroatoms. The zero-order valence-corrected chi connectivity index (χ0v) is 13.5. The fourth-order valence-corrected chi connectivity index (χ4v) is 3.99. The molecule has 3 atom stereocenters. The molecule has 1 heterocycles. The lowest BCUT2D eigenvalue weighted by Gasteiger charge is -2.31. The van der Waals surface area contributed by atoms with Gasteiger partial charge in [-0.05, 0) is 56.7 Å². The van der Waals surface area contributed by atoms with Crippen LogP contribution in [-0.2, 0) is 6.42 Å². The maximum absolute atomic E-state index is 6.16. The van der Waals surface area contributed by atoms with Gasteiger partial charge in [-0.3, -0.25) is 0 Å². The predicted molar refractivity (Wildman–Crippen MR) is 88.0 cm³/mol. The van der Waals surface area contributed by atoms with Crippen molar-refractivity contribution in [1.29, 1.82) is 0 Å². The molecule has 21 heavy (non-hydrogen) atoms. The van der Waals surface area contributed by atoms with Crippen molar-refractivity contribution in [2.45, 2.75) is 70.9 Å². The molecule has 3 unspecified atom stereocenters. The van der Waals surface area contributed by atoms with E-state index in [1.807, 2.05) is 0 Å². The summed E-state index contributed by atoms with van der Waals surface area (Å²) in [4.78, 5) is 0. The maximum Gasteiger partial charge on any atom is 0.123 e. The Morgan fingerprint density at radius 1 is 1.29 bits per heavy atom. The highest BCUT2D eigenvalue weighted by molar-refractivity contribution is 5.40. The van der Waals surface area contributed by atoms with Crippen LogP contribution >= 0.6 is 0 Å². The summed E-state index contributed by atoms with van der Waals surface area (Å²) in [6.07, 6.45) is 9.47. The van der Waals surface area contributed by atoms with Crippen LogP contribution < -0.4 is 10.1 Å². The van der Waals surface area contributed by atoms with Gasteiger partial charge in [0.15, 0.2) is 0 Å². The molecule has 1 N–H and O–H groups in total. The number of hydrogen-bond acceptors (Lipinski definition) is 2. The molecule has 0 amide bonds. The molecule has 0 saturated heterocycles. The van der Waals surface area contributed by atoms with Crippen LogP contribution in [0.25, 0.3) is 0 Å². The number of rotatable bonds is 5. The molecule has 1 aromatic carbocycles. The van der Waals surface area contributed by atoms with Crippen molar-refractivity contribution in [2.75, 3.05) is 6.54 Å². The minimum Gasteiger partial charge on any atom is -0.490 e.